The third-order valence-electron chi connectivity index (χ3n) is 2.55. The van der Waals surface area contributed by atoms with Crippen LogP contribution in [-0.2, 0) is 0 Å². The molecular weight excluding hydrogens is 162 g/mol. The molecule has 0 amide bonds. The zero-order valence-electron chi connectivity index (χ0n) is 8.81. The van der Waals surface area contributed by atoms with Gasteiger partial charge in [-0.1, -0.05) is 17.3 Å². The molecule has 0 N–H and O–H groups in total. The van der Waals surface area contributed by atoms with E-state index in [1.807, 2.05) is 0 Å². The number of allylic oxidation sites excluding steroid dienone is 3. The van der Waals surface area contributed by atoms with Crippen molar-refractivity contribution in [2.45, 2.75) is 32.7 Å². The average Bonchev–Trinajstić information content (AvgIpc) is 2.31. The molecule has 68 valence electrons. The van der Waals surface area contributed by atoms with E-state index < -0.39 is 0 Å². The van der Waals surface area contributed by atoms with Crippen LogP contribution in [0.25, 0.3) is 0 Å². The van der Waals surface area contributed by atoms with Crippen LogP contribution in [0.5, 0.6) is 0 Å². The lowest BCUT2D eigenvalue weighted by Gasteiger charge is -2.35. The molecule has 1 aliphatic rings. The van der Waals surface area contributed by atoms with Gasteiger partial charge >= 0.3 is 0 Å². The molecule has 2 heteroatoms. The smallest absolute Gasteiger partial charge is 0.0407 e. The lowest BCUT2D eigenvalue weighted by atomic mass is 10.1. The Hall–Kier alpha value is -0.503. The Kier molecular flexibility index (Phi) is 2.47. The van der Waals surface area contributed by atoms with Crippen molar-refractivity contribution < 1.29 is 0 Å². The quantitative estimate of drug-likeness (QED) is 0.550. The normalized spacial score (nSPS) is 17.7. The van der Waals surface area contributed by atoms with Crippen molar-refractivity contribution in [3.63, 3.8) is 0 Å². The zero-order valence-corrected chi connectivity index (χ0v) is 10.8. The van der Waals surface area contributed by atoms with Crippen LogP contribution in [0, 0.1) is 0 Å². The van der Waals surface area contributed by atoms with E-state index in [9.17, 15) is 0 Å². The van der Waals surface area contributed by atoms with Gasteiger partial charge < -0.3 is 4.90 Å². The topological polar surface area (TPSA) is 3.24 Å². The lowest BCUT2D eigenvalue weighted by Crippen LogP contribution is -2.37. The van der Waals surface area contributed by atoms with Crippen LogP contribution in [0.3, 0.4) is 0 Å². The summed E-state index contributed by atoms with van der Waals surface area (Å²) in [5, 5.41) is 1.55. The van der Waals surface area contributed by atoms with E-state index in [2.05, 4.69) is 44.9 Å². The van der Waals surface area contributed by atoms with Gasteiger partial charge in [0.15, 0.2) is 0 Å². The molecule has 0 atom stereocenters. The first-order valence-corrected chi connectivity index (χ1v) is 5.53. The summed E-state index contributed by atoms with van der Waals surface area (Å²) in [5.74, 6) is 0. The molecular formula is C10H19NSi. The fourth-order valence-corrected chi connectivity index (χ4v) is 2.19. The fraction of sp³-hybridized carbons (Fsp3) is 0.600. The molecule has 0 radical (unpaired) electrons. The molecule has 0 unspecified atom stereocenters. The van der Waals surface area contributed by atoms with E-state index >= 15 is 0 Å². The summed E-state index contributed by atoms with van der Waals surface area (Å²) in [6.45, 7) is 6.77. The predicted molar refractivity (Wildman–Crippen MR) is 58.2 cm³/mol. The Morgan fingerprint density at radius 3 is 2.33 bits per heavy atom. The molecule has 0 aromatic heterocycles. The SMILES string of the molecule is CN(C1=C([SiH3])C=CC1)C(C)(C)C. The summed E-state index contributed by atoms with van der Waals surface area (Å²) in [5.41, 5.74) is 1.78. The molecule has 0 bridgehead atoms. The third-order valence-corrected chi connectivity index (χ3v) is 3.46. The molecule has 1 nitrogen and oxygen atoms in total. The van der Waals surface area contributed by atoms with Gasteiger partial charge in [-0.25, -0.2) is 0 Å². The maximum Gasteiger partial charge on any atom is 0.0407 e. The minimum atomic E-state index is 0.261. The predicted octanol–water partition coefficient (Wildman–Crippen LogP) is 1.25. The second-order valence-electron chi connectivity index (χ2n) is 4.47. The Bertz CT molecular complexity index is 233. The van der Waals surface area contributed by atoms with E-state index in [-0.39, 0.29) is 5.54 Å². The molecule has 0 aromatic rings. The summed E-state index contributed by atoms with van der Waals surface area (Å²) >= 11 is 0. The van der Waals surface area contributed by atoms with Crippen molar-refractivity contribution in [1.82, 2.24) is 4.90 Å². The van der Waals surface area contributed by atoms with Crippen LogP contribution in [0.1, 0.15) is 27.2 Å². The van der Waals surface area contributed by atoms with Crippen LogP contribution in [-0.4, -0.2) is 27.7 Å². The fourth-order valence-electron chi connectivity index (χ4n) is 1.41. The Morgan fingerprint density at radius 1 is 1.42 bits per heavy atom. The number of hydrogen-bond donors (Lipinski definition) is 0. The highest BCUT2D eigenvalue weighted by Gasteiger charge is 2.20. The Morgan fingerprint density at radius 2 is 2.00 bits per heavy atom. The number of hydrogen-bond acceptors (Lipinski definition) is 1. The van der Waals surface area contributed by atoms with Crippen LogP contribution < -0.4 is 0 Å². The van der Waals surface area contributed by atoms with Gasteiger partial charge in [0.1, 0.15) is 0 Å². The molecule has 0 saturated carbocycles. The maximum atomic E-state index is 2.40. The van der Waals surface area contributed by atoms with Crippen molar-refractivity contribution >= 4 is 10.2 Å². The van der Waals surface area contributed by atoms with E-state index in [0.29, 0.717) is 0 Å². The highest BCUT2D eigenvalue weighted by atomic mass is 28.1. The minimum absolute atomic E-state index is 0.261. The van der Waals surface area contributed by atoms with Crippen molar-refractivity contribution in [3.05, 3.63) is 23.0 Å². The van der Waals surface area contributed by atoms with Crippen LogP contribution in [0.4, 0.5) is 0 Å². The highest BCUT2D eigenvalue weighted by Crippen LogP contribution is 2.25. The van der Waals surface area contributed by atoms with Crippen molar-refractivity contribution in [1.29, 1.82) is 0 Å². The molecule has 0 fully saturated rings. The molecule has 0 heterocycles. The first-order chi connectivity index (χ1) is 5.43. The first kappa shape index (κ1) is 9.58. The lowest BCUT2D eigenvalue weighted by molar-refractivity contribution is 0.224. The largest absolute Gasteiger partial charge is 0.373 e. The molecule has 0 aromatic carbocycles. The van der Waals surface area contributed by atoms with Gasteiger partial charge in [0, 0.05) is 34.9 Å². The number of nitrogens with zero attached hydrogens (tertiary/aromatic N) is 1. The van der Waals surface area contributed by atoms with Crippen LogP contribution in [0.2, 0.25) is 0 Å². The summed E-state index contributed by atoms with van der Waals surface area (Å²) in [4.78, 5) is 2.40. The van der Waals surface area contributed by atoms with Crippen molar-refractivity contribution in [3.8, 4) is 0 Å². The van der Waals surface area contributed by atoms with Crippen molar-refractivity contribution in [2.24, 2.45) is 0 Å². The maximum absolute atomic E-state index is 2.40. The highest BCUT2D eigenvalue weighted by molar-refractivity contribution is 6.24. The molecule has 1 rings (SSSR count). The van der Waals surface area contributed by atoms with Gasteiger partial charge in [0.25, 0.3) is 0 Å². The Labute approximate surface area is 78.6 Å². The van der Waals surface area contributed by atoms with E-state index in [4.69, 9.17) is 0 Å². The third kappa shape index (κ3) is 1.80. The molecule has 0 saturated heterocycles. The molecule has 0 aliphatic heterocycles. The summed E-state index contributed by atoms with van der Waals surface area (Å²) in [7, 11) is 3.36. The van der Waals surface area contributed by atoms with Crippen LogP contribution >= 0.6 is 0 Å². The van der Waals surface area contributed by atoms with Gasteiger partial charge in [-0.3, -0.25) is 0 Å². The van der Waals surface area contributed by atoms with Crippen molar-refractivity contribution in [2.75, 3.05) is 7.05 Å². The zero-order chi connectivity index (χ0) is 9.35. The first-order valence-electron chi connectivity index (χ1n) is 4.53. The second-order valence-corrected chi connectivity index (χ2v) is 5.54. The Balaban J connectivity index is 2.79. The van der Waals surface area contributed by atoms with E-state index in [1.54, 1.807) is 5.20 Å². The van der Waals surface area contributed by atoms with E-state index in [1.165, 1.54) is 15.9 Å². The molecule has 1 aliphatic carbocycles. The standard InChI is InChI=1S/C10H19NSi/c1-10(2,3)11(4)8-6-5-7-9(8)12/h5,7H,6H2,1-4,12H3. The summed E-state index contributed by atoms with van der Waals surface area (Å²) < 4.78 is 0. The number of rotatable bonds is 1. The second kappa shape index (κ2) is 3.09. The minimum Gasteiger partial charge on any atom is -0.373 e. The van der Waals surface area contributed by atoms with Gasteiger partial charge in [0.2, 0.25) is 0 Å². The average molecular weight is 181 g/mol. The van der Waals surface area contributed by atoms with Gasteiger partial charge in [-0.2, -0.15) is 0 Å². The van der Waals surface area contributed by atoms with Gasteiger partial charge in [-0.05, 0) is 20.8 Å². The summed E-state index contributed by atoms with van der Waals surface area (Å²) in [6, 6.07) is 0. The molecule has 0 spiro atoms. The summed E-state index contributed by atoms with van der Waals surface area (Å²) in [6.07, 6.45) is 5.66. The van der Waals surface area contributed by atoms with Crippen LogP contribution in [0.15, 0.2) is 23.0 Å². The van der Waals surface area contributed by atoms with Gasteiger partial charge in [0.05, 0.1) is 0 Å². The van der Waals surface area contributed by atoms with Gasteiger partial charge in [-0.15, -0.1) is 0 Å². The van der Waals surface area contributed by atoms with E-state index in [0.717, 1.165) is 6.42 Å². The monoisotopic (exact) mass is 181 g/mol. The molecule has 12 heavy (non-hydrogen) atoms.